The summed E-state index contributed by atoms with van der Waals surface area (Å²) in [5.41, 5.74) is 0.895. The molecule has 0 fully saturated rings. The lowest BCUT2D eigenvalue weighted by Crippen LogP contribution is -2.34. The molecule has 1 aromatic carbocycles. The number of hydrogen-bond acceptors (Lipinski definition) is 5. The Bertz CT molecular complexity index is 682. The second-order valence-corrected chi connectivity index (χ2v) is 4.85. The second kappa shape index (κ2) is 8.52. The quantitative estimate of drug-likeness (QED) is 0.747. The molecule has 0 unspecified atom stereocenters. The van der Waals surface area contributed by atoms with E-state index in [1.807, 2.05) is 0 Å². The van der Waals surface area contributed by atoms with Crippen LogP contribution >= 0.6 is 0 Å². The number of benzene rings is 1. The zero-order valence-corrected chi connectivity index (χ0v) is 13.5. The van der Waals surface area contributed by atoms with Crippen molar-refractivity contribution >= 4 is 11.8 Å². The van der Waals surface area contributed by atoms with Gasteiger partial charge in [0.15, 0.2) is 0 Å². The molecule has 2 N–H and O–H groups in total. The minimum Gasteiger partial charge on any atom is -0.497 e. The molecular formula is C17H19N3O4. The molecule has 0 aliphatic carbocycles. The van der Waals surface area contributed by atoms with Gasteiger partial charge in [-0.25, -0.2) is 0 Å². The minimum absolute atomic E-state index is 0.236. The maximum Gasteiger partial charge on any atom is 0.252 e. The van der Waals surface area contributed by atoms with Gasteiger partial charge in [0, 0.05) is 37.1 Å². The van der Waals surface area contributed by atoms with Crippen LogP contribution in [0.1, 0.15) is 20.7 Å². The Balaban J connectivity index is 1.84. The van der Waals surface area contributed by atoms with Gasteiger partial charge in [0.2, 0.25) is 0 Å². The van der Waals surface area contributed by atoms with E-state index in [-0.39, 0.29) is 11.8 Å². The van der Waals surface area contributed by atoms with Gasteiger partial charge in [-0.15, -0.1) is 0 Å². The van der Waals surface area contributed by atoms with Crippen LogP contribution in [0.25, 0.3) is 0 Å². The number of amides is 2. The Kier molecular flexibility index (Phi) is 6.13. The number of carbonyl (C=O) groups is 2. The standard InChI is InChI=1S/C17H19N3O4/c1-23-14-8-13(9-15(10-14)24-2)17(22)20-7-6-19-16(21)12-4-3-5-18-11-12/h3-5,8-11H,6-7H2,1-2H3,(H,19,21)(H,20,22). The molecule has 0 saturated carbocycles. The van der Waals surface area contributed by atoms with Gasteiger partial charge in [-0.3, -0.25) is 14.6 Å². The van der Waals surface area contributed by atoms with Crippen LogP contribution < -0.4 is 20.1 Å². The van der Waals surface area contributed by atoms with E-state index in [0.717, 1.165) is 0 Å². The zero-order valence-electron chi connectivity index (χ0n) is 13.5. The van der Waals surface area contributed by atoms with Crippen molar-refractivity contribution in [3.63, 3.8) is 0 Å². The summed E-state index contributed by atoms with van der Waals surface area (Å²) < 4.78 is 10.3. The van der Waals surface area contributed by atoms with Crippen molar-refractivity contribution < 1.29 is 19.1 Å². The summed E-state index contributed by atoms with van der Waals surface area (Å²) in [7, 11) is 3.04. The lowest BCUT2D eigenvalue weighted by atomic mass is 10.2. The fourth-order valence-corrected chi connectivity index (χ4v) is 1.99. The highest BCUT2D eigenvalue weighted by atomic mass is 16.5. The lowest BCUT2D eigenvalue weighted by Gasteiger charge is -2.10. The van der Waals surface area contributed by atoms with Crippen molar-refractivity contribution in [1.29, 1.82) is 0 Å². The highest BCUT2D eigenvalue weighted by Crippen LogP contribution is 2.22. The van der Waals surface area contributed by atoms with Crippen molar-refractivity contribution in [2.45, 2.75) is 0 Å². The summed E-state index contributed by atoms with van der Waals surface area (Å²) >= 11 is 0. The van der Waals surface area contributed by atoms with Gasteiger partial charge in [-0.1, -0.05) is 0 Å². The van der Waals surface area contributed by atoms with Crippen molar-refractivity contribution in [3.8, 4) is 11.5 Å². The number of nitrogens with zero attached hydrogens (tertiary/aromatic N) is 1. The molecule has 24 heavy (non-hydrogen) atoms. The van der Waals surface area contributed by atoms with E-state index in [9.17, 15) is 9.59 Å². The molecule has 0 aliphatic heterocycles. The third kappa shape index (κ3) is 4.70. The van der Waals surface area contributed by atoms with E-state index in [1.165, 1.54) is 20.4 Å². The first-order valence-corrected chi connectivity index (χ1v) is 7.33. The monoisotopic (exact) mass is 329 g/mol. The summed E-state index contributed by atoms with van der Waals surface area (Å²) in [6.07, 6.45) is 3.08. The predicted octanol–water partition coefficient (Wildman–Crippen LogP) is 1.26. The second-order valence-electron chi connectivity index (χ2n) is 4.85. The molecule has 126 valence electrons. The molecule has 2 rings (SSSR count). The summed E-state index contributed by atoms with van der Waals surface area (Å²) in [6, 6.07) is 8.28. The summed E-state index contributed by atoms with van der Waals surface area (Å²) in [4.78, 5) is 27.9. The molecule has 0 spiro atoms. The number of nitrogens with one attached hydrogen (secondary N) is 2. The van der Waals surface area contributed by atoms with Crippen LogP contribution in [0, 0.1) is 0 Å². The fourth-order valence-electron chi connectivity index (χ4n) is 1.99. The molecule has 2 amide bonds. The molecule has 0 aliphatic rings. The molecule has 0 radical (unpaired) electrons. The first-order valence-electron chi connectivity index (χ1n) is 7.33. The molecule has 1 heterocycles. The molecule has 7 nitrogen and oxygen atoms in total. The van der Waals surface area contributed by atoms with Crippen LogP contribution in [0.15, 0.2) is 42.7 Å². The maximum absolute atomic E-state index is 12.2. The van der Waals surface area contributed by atoms with Crippen molar-refractivity contribution in [3.05, 3.63) is 53.9 Å². The van der Waals surface area contributed by atoms with Crippen LogP contribution in [0.2, 0.25) is 0 Å². The van der Waals surface area contributed by atoms with Gasteiger partial charge >= 0.3 is 0 Å². The largest absolute Gasteiger partial charge is 0.497 e. The zero-order chi connectivity index (χ0) is 17.4. The van der Waals surface area contributed by atoms with Crippen molar-refractivity contribution in [2.24, 2.45) is 0 Å². The Morgan fingerprint density at radius 3 is 2.04 bits per heavy atom. The van der Waals surface area contributed by atoms with Crippen LogP contribution in [-0.2, 0) is 0 Å². The number of hydrogen-bond donors (Lipinski definition) is 2. The van der Waals surface area contributed by atoms with Crippen LogP contribution in [-0.4, -0.2) is 44.1 Å². The average molecular weight is 329 g/mol. The molecule has 1 aromatic heterocycles. The van der Waals surface area contributed by atoms with E-state index < -0.39 is 0 Å². The van der Waals surface area contributed by atoms with E-state index >= 15 is 0 Å². The Hall–Kier alpha value is -3.09. The van der Waals surface area contributed by atoms with Gasteiger partial charge in [0.25, 0.3) is 11.8 Å². The topological polar surface area (TPSA) is 89.5 Å². The van der Waals surface area contributed by atoms with E-state index in [2.05, 4.69) is 15.6 Å². The Morgan fingerprint density at radius 2 is 1.54 bits per heavy atom. The molecule has 0 saturated heterocycles. The Labute approximate surface area is 140 Å². The van der Waals surface area contributed by atoms with E-state index in [0.29, 0.717) is 35.7 Å². The van der Waals surface area contributed by atoms with Crippen molar-refractivity contribution in [1.82, 2.24) is 15.6 Å². The molecule has 2 aromatic rings. The fraction of sp³-hybridized carbons (Fsp3) is 0.235. The molecular weight excluding hydrogens is 310 g/mol. The van der Waals surface area contributed by atoms with Gasteiger partial charge in [0.05, 0.1) is 19.8 Å². The van der Waals surface area contributed by atoms with Crippen LogP contribution in [0.4, 0.5) is 0 Å². The lowest BCUT2D eigenvalue weighted by molar-refractivity contribution is 0.0927. The summed E-state index contributed by atoms with van der Waals surface area (Å²) in [6.45, 7) is 0.602. The highest BCUT2D eigenvalue weighted by Gasteiger charge is 2.10. The van der Waals surface area contributed by atoms with Crippen LogP contribution in [0.3, 0.4) is 0 Å². The molecule has 7 heteroatoms. The number of carbonyl (C=O) groups excluding carboxylic acids is 2. The first-order chi connectivity index (χ1) is 11.6. The van der Waals surface area contributed by atoms with Gasteiger partial charge < -0.3 is 20.1 Å². The van der Waals surface area contributed by atoms with E-state index in [1.54, 1.807) is 36.5 Å². The normalized spacial score (nSPS) is 9.92. The average Bonchev–Trinajstić information content (AvgIpc) is 2.64. The molecule has 0 bridgehead atoms. The third-order valence-corrected chi connectivity index (χ3v) is 3.23. The highest BCUT2D eigenvalue weighted by molar-refractivity contribution is 5.95. The number of rotatable bonds is 7. The van der Waals surface area contributed by atoms with Gasteiger partial charge in [0.1, 0.15) is 11.5 Å². The maximum atomic E-state index is 12.2. The van der Waals surface area contributed by atoms with Crippen molar-refractivity contribution in [2.75, 3.05) is 27.3 Å². The number of ether oxygens (including phenoxy) is 2. The van der Waals surface area contributed by atoms with E-state index in [4.69, 9.17) is 9.47 Å². The summed E-state index contributed by atoms with van der Waals surface area (Å²) in [5, 5.41) is 5.44. The summed E-state index contributed by atoms with van der Waals surface area (Å²) in [5.74, 6) is 0.553. The number of methoxy groups -OCH3 is 2. The Morgan fingerprint density at radius 1 is 0.958 bits per heavy atom. The SMILES string of the molecule is COc1cc(OC)cc(C(=O)NCCNC(=O)c2cccnc2)c1. The number of pyridine rings is 1. The van der Waals surface area contributed by atoms with Gasteiger partial charge in [-0.2, -0.15) is 0 Å². The van der Waals surface area contributed by atoms with Crippen LogP contribution in [0.5, 0.6) is 11.5 Å². The smallest absolute Gasteiger partial charge is 0.252 e. The number of aromatic nitrogens is 1. The minimum atomic E-state index is -0.275. The molecule has 0 atom stereocenters. The van der Waals surface area contributed by atoms with Gasteiger partial charge in [-0.05, 0) is 24.3 Å². The third-order valence-electron chi connectivity index (χ3n) is 3.23. The predicted molar refractivity (Wildman–Crippen MR) is 88.4 cm³/mol. The first kappa shape index (κ1) is 17.3.